The molecule has 0 atom stereocenters. The van der Waals surface area contributed by atoms with Crippen LogP contribution in [0.15, 0.2) is 11.8 Å². The average Bonchev–Trinajstić information content (AvgIpc) is 1.88. The van der Waals surface area contributed by atoms with Gasteiger partial charge in [0.1, 0.15) is 5.76 Å². The standard InChI is InChI=1S/C8H12O2/c1-2-4-7-5-3-6-8(9)10-7/h5H,2-4,6H2,1H3. The summed E-state index contributed by atoms with van der Waals surface area (Å²) >= 11 is 0. The van der Waals surface area contributed by atoms with Gasteiger partial charge in [-0.05, 0) is 18.9 Å². The molecule has 2 nitrogen and oxygen atoms in total. The molecule has 0 amide bonds. The Morgan fingerprint density at radius 1 is 1.70 bits per heavy atom. The maximum absolute atomic E-state index is 10.7. The summed E-state index contributed by atoms with van der Waals surface area (Å²) in [5, 5.41) is 0. The number of carbonyl (C=O) groups is 1. The molecule has 1 aliphatic heterocycles. The lowest BCUT2D eigenvalue weighted by atomic mass is 10.2. The lowest BCUT2D eigenvalue weighted by molar-refractivity contribution is -0.140. The SMILES string of the molecule is CCCC1=CCCC(=O)O1. The molecule has 0 fully saturated rings. The Morgan fingerprint density at radius 2 is 2.50 bits per heavy atom. The van der Waals surface area contributed by atoms with E-state index < -0.39 is 0 Å². The van der Waals surface area contributed by atoms with Crippen molar-refractivity contribution in [2.75, 3.05) is 0 Å². The first kappa shape index (κ1) is 7.32. The molecule has 0 spiro atoms. The fourth-order valence-electron chi connectivity index (χ4n) is 0.989. The summed E-state index contributed by atoms with van der Waals surface area (Å²) in [4.78, 5) is 10.7. The van der Waals surface area contributed by atoms with E-state index in [1.807, 2.05) is 6.08 Å². The van der Waals surface area contributed by atoms with Crippen LogP contribution in [0.25, 0.3) is 0 Å². The van der Waals surface area contributed by atoms with Crippen molar-refractivity contribution in [1.29, 1.82) is 0 Å². The lowest BCUT2D eigenvalue weighted by Crippen LogP contribution is -2.08. The molecule has 0 saturated heterocycles. The minimum atomic E-state index is -0.0778. The predicted molar refractivity (Wildman–Crippen MR) is 38.3 cm³/mol. The number of ether oxygens (including phenoxy) is 1. The number of carbonyl (C=O) groups excluding carboxylic acids is 1. The predicted octanol–water partition coefficient (Wildman–Crippen LogP) is 2.01. The van der Waals surface area contributed by atoms with Gasteiger partial charge in [0.2, 0.25) is 0 Å². The van der Waals surface area contributed by atoms with Crippen LogP contribution in [-0.2, 0) is 9.53 Å². The third-order valence-corrected chi connectivity index (χ3v) is 1.46. The van der Waals surface area contributed by atoms with E-state index >= 15 is 0 Å². The van der Waals surface area contributed by atoms with Crippen molar-refractivity contribution < 1.29 is 9.53 Å². The van der Waals surface area contributed by atoms with E-state index in [0.29, 0.717) is 6.42 Å². The zero-order chi connectivity index (χ0) is 7.40. The summed E-state index contributed by atoms with van der Waals surface area (Å²) in [6.45, 7) is 2.07. The van der Waals surface area contributed by atoms with Gasteiger partial charge in [0.25, 0.3) is 0 Å². The normalized spacial score (nSPS) is 18.1. The van der Waals surface area contributed by atoms with Gasteiger partial charge in [-0.1, -0.05) is 6.92 Å². The maximum Gasteiger partial charge on any atom is 0.311 e. The van der Waals surface area contributed by atoms with Crippen molar-refractivity contribution in [3.05, 3.63) is 11.8 Å². The van der Waals surface area contributed by atoms with Crippen LogP contribution < -0.4 is 0 Å². The summed E-state index contributed by atoms with van der Waals surface area (Å²) in [6, 6.07) is 0. The minimum absolute atomic E-state index is 0.0778. The third kappa shape index (κ3) is 1.87. The highest BCUT2D eigenvalue weighted by atomic mass is 16.5. The molecule has 0 aromatic rings. The number of hydrogen-bond acceptors (Lipinski definition) is 2. The van der Waals surface area contributed by atoms with Crippen molar-refractivity contribution in [3.8, 4) is 0 Å². The van der Waals surface area contributed by atoms with E-state index in [4.69, 9.17) is 4.74 Å². The minimum Gasteiger partial charge on any atom is -0.431 e. The van der Waals surface area contributed by atoms with Crippen LogP contribution in [0, 0.1) is 0 Å². The molecule has 10 heavy (non-hydrogen) atoms. The smallest absolute Gasteiger partial charge is 0.311 e. The second kappa shape index (κ2) is 3.40. The molecule has 0 unspecified atom stereocenters. The highest BCUT2D eigenvalue weighted by molar-refractivity contribution is 5.71. The summed E-state index contributed by atoms with van der Waals surface area (Å²) in [6.07, 6.45) is 5.34. The van der Waals surface area contributed by atoms with Crippen LogP contribution in [0.4, 0.5) is 0 Å². The van der Waals surface area contributed by atoms with Crippen LogP contribution >= 0.6 is 0 Å². The van der Waals surface area contributed by atoms with Crippen molar-refractivity contribution in [2.24, 2.45) is 0 Å². The number of cyclic esters (lactones) is 1. The summed E-state index contributed by atoms with van der Waals surface area (Å²) in [7, 11) is 0. The van der Waals surface area contributed by atoms with Gasteiger partial charge in [-0.25, -0.2) is 0 Å². The first-order valence-corrected chi connectivity index (χ1v) is 3.72. The van der Waals surface area contributed by atoms with Gasteiger partial charge < -0.3 is 4.74 Å². The zero-order valence-electron chi connectivity index (χ0n) is 6.22. The molecule has 1 aliphatic rings. The molecule has 0 bridgehead atoms. The van der Waals surface area contributed by atoms with Crippen molar-refractivity contribution in [2.45, 2.75) is 32.6 Å². The van der Waals surface area contributed by atoms with E-state index in [-0.39, 0.29) is 5.97 Å². The number of rotatable bonds is 2. The highest BCUT2D eigenvalue weighted by Gasteiger charge is 2.10. The van der Waals surface area contributed by atoms with Crippen molar-refractivity contribution >= 4 is 5.97 Å². The Kier molecular flexibility index (Phi) is 2.49. The zero-order valence-corrected chi connectivity index (χ0v) is 6.22. The Morgan fingerprint density at radius 3 is 3.10 bits per heavy atom. The molecule has 0 aromatic heterocycles. The summed E-state index contributed by atoms with van der Waals surface area (Å²) in [5.41, 5.74) is 0. The topological polar surface area (TPSA) is 26.3 Å². The van der Waals surface area contributed by atoms with E-state index in [2.05, 4.69) is 6.92 Å². The third-order valence-electron chi connectivity index (χ3n) is 1.46. The molecule has 0 radical (unpaired) electrons. The molecule has 0 aromatic carbocycles. The Hall–Kier alpha value is -0.790. The van der Waals surface area contributed by atoms with Gasteiger partial charge in [-0.2, -0.15) is 0 Å². The molecule has 2 heteroatoms. The molecule has 1 heterocycles. The fourth-order valence-corrected chi connectivity index (χ4v) is 0.989. The Bertz CT molecular complexity index is 159. The second-order valence-corrected chi connectivity index (χ2v) is 2.43. The van der Waals surface area contributed by atoms with E-state index in [0.717, 1.165) is 25.0 Å². The van der Waals surface area contributed by atoms with Gasteiger partial charge in [-0.3, -0.25) is 4.79 Å². The Labute approximate surface area is 60.9 Å². The van der Waals surface area contributed by atoms with Gasteiger partial charge in [-0.15, -0.1) is 0 Å². The first-order valence-electron chi connectivity index (χ1n) is 3.72. The molecular formula is C8H12O2. The molecule has 0 N–H and O–H groups in total. The summed E-state index contributed by atoms with van der Waals surface area (Å²) in [5.74, 6) is 0.782. The number of allylic oxidation sites excluding steroid dienone is 2. The molecule has 1 rings (SSSR count). The van der Waals surface area contributed by atoms with Crippen LogP contribution in [0.5, 0.6) is 0 Å². The van der Waals surface area contributed by atoms with Crippen molar-refractivity contribution in [3.63, 3.8) is 0 Å². The van der Waals surface area contributed by atoms with Gasteiger partial charge >= 0.3 is 5.97 Å². The van der Waals surface area contributed by atoms with Crippen LogP contribution in [-0.4, -0.2) is 5.97 Å². The second-order valence-electron chi connectivity index (χ2n) is 2.43. The van der Waals surface area contributed by atoms with Crippen LogP contribution in [0.2, 0.25) is 0 Å². The van der Waals surface area contributed by atoms with Gasteiger partial charge in [0.05, 0.1) is 0 Å². The first-order chi connectivity index (χ1) is 4.83. The number of esters is 1. The lowest BCUT2D eigenvalue weighted by Gasteiger charge is -2.11. The molecule has 0 aliphatic carbocycles. The number of hydrogen-bond donors (Lipinski definition) is 0. The monoisotopic (exact) mass is 140 g/mol. The van der Waals surface area contributed by atoms with E-state index in [1.165, 1.54) is 0 Å². The average molecular weight is 140 g/mol. The summed E-state index contributed by atoms with van der Waals surface area (Å²) < 4.78 is 4.95. The van der Waals surface area contributed by atoms with Gasteiger partial charge in [0.15, 0.2) is 0 Å². The highest BCUT2D eigenvalue weighted by Crippen LogP contribution is 2.15. The quantitative estimate of drug-likeness (QED) is 0.548. The van der Waals surface area contributed by atoms with E-state index in [9.17, 15) is 4.79 Å². The van der Waals surface area contributed by atoms with E-state index in [1.54, 1.807) is 0 Å². The van der Waals surface area contributed by atoms with Crippen LogP contribution in [0.3, 0.4) is 0 Å². The Balaban J connectivity index is 2.43. The molecular weight excluding hydrogens is 128 g/mol. The largest absolute Gasteiger partial charge is 0.431 e. The van der Waals surface area contributed by atoms with Gasteiger partial charge in [0, 0.05) is 12.8 Å². The molecule has 0 saturated carbocycles. The fraction of sp³-hybridized carbons (Fsp3) is 0.625. The molecule has 56 valence electrons. The maximum atomic E-state index is 10.7. The van der Waals surface area contributed by atoms with Crippen molar-refractivity contribution in [1.82, 2.24) is 0 Å². The van der Waals surface area contributed by atoms with Crippen LogP contribution in [0.1, 0.15) is 32.6 Å².